The van der Waals surface area contributed by atoms with Crippen LogP contribution in [0.4, 0.5) is 0 Å². The number of carbonyl (C=O) groups is 1. The standard InChI is InChI=1S/C17H26N8O/c1-3-15-24-23-13-25(15)11-10-22-17(19-4-2)21-9-8-20-16(26)14-6-5-7-18-12-14/h5-7,12-13H,3-4,8-11H2,1-2H3,(H,20,26)(H2,19,21,22). The first-order valence-electron chi connectivity index (χ1n) is 8.81. The van der Waals surface area contributed by atoms with Crippen LogP contribution in [0.15, 0.2) is 35.8 Å². The summed E-state index contributed by atoms with van der Waals surface area (Å²) in [7, 11) is 0. The third-order valence-electron chi connectivity index (χ3n) is 3.59. The minimum absolute atomic E-state index is 0.147. The zero-order chi connectivity index (χ0) is 18.6. The molecule has 0 fully saturated rings. The molecule has 0 saturated carbocycles. The largest absolute Gasteiger partial charge is 0.357 e. The van der Waals surface area contributed by atoms with Crippen LogP contribution in [0.2, 0.25) is 0 Å². The molecule has 2 rings (SSSR count). The smallest absolute Gasteiger partial charge is 0.252 e. The van der Waals surface area contributed by atoms with Crippen LogP contribution in [0.1, 0.15) is 30.0 Å². The number of aryl methyl sites for hydroxylation is 1. The van der Waals surface area contributed by atoms with Gasteiger partial charge in [0.05, 0.1) is 12.1 Å². The van der Waals surface area contributed by atoms with Crippen LogP contribution in [0, 0.1) is 0 Å². The maximum atomic E-state index is 11.9. The monoisotopic (exact) mass is 358 g/mol. The molecule has 0 spiro atoms. The van der Waals surface area contributed by atoms with Crippen molar-refractivity contribution in [3.63, 3.8) is 0 Å². The van der Waals surface area contributed by atoms with Crippen LogP contribution in [-0.4, -0.2) is 57.8 Å². The average molecular weight is 358 g/mol. The first kappa shape index (κ1) is 19.4. The van der Waals surface area contributed by atoms with Crippen molar-refractivity contribution in [3.8, 4) is 0 Å². The van der Waals surface area contributed by atoms with E-state index in [4.69, 9.17) is 0 Å². The van der Waals surface area contributed by atoms with Gasteiger partial charge in [0.1, 0.15) is 12.2 Å². The van der Waals surface area contributed by atoms with Gasteiger partial charge in [-0.1, -0.05) is 6.92 Å². The van der Waals surface area contributed by atoms with Crippen LogP contribution in [0.25, 0.3) is 0 Å². The van der Waals surface area contributed by atoms with Gasteiger partial charge in [-0.15, -0.1) is 10.2 Å². The predicted molar refractivity (Wildman–Crippen MR) is 100.0 cm³/mol. The fourth-order valence-corrected chi connectivity index (χ4v) is 2.31. The lowest BCUT2D eigenvalue weighted by molar-refractivity contribution is 0.0954. The summed E-state index contributed by atoms with van der Waals surface area (Å²) < 4.78 is 2.02. The Kier molecular flexibility index (Phi) is 8.04. The number of guanidine groups is 1. The lowest BCUT2D eigenvalue weighted by Crippen LogP contribution is -2.39. The quantitative estimate of drug-likeness (QED) is 0.336. The van der Waals surface area contributed by atoms with E-state index in [1.54, 1.807) is 30.9 Å². The van der Waals surface area contributed by atoms with Crippen molar-refractivity contribution in [3.05, 3.63) is 42.2 Å². The number of aliphatic imine (C=N–C) groups is 1. The predicted octanol–water partition coefficient (Wildman–Crippen LogP) is 0.221. The fourth-order valence-electron chi connectivity index (χ4n) is 2.31. The van der Waals surface area contributed by atoms with Gasteiger partial charge in [0.25, 0.3) is 5.91 Å². The maximum absolute atomic E-state index is 11.9. The summed E-state index contributed by atoms with van der Waals surface area (Å²) in [6, 6.07) is 3.47. The van der Waals surface area contributed by atoms with E-state index in [0.29, 0.717) is 31.2 Å². The van der Waals surface area contributed by atoms with Crippen LogP contribution in [0.3, 0.4) is 0 Å². The van der Waals surface area contributed by atoms with Crippen molar-refractivity contribution in [2.75, 3.05) is 26.2 Å². The van der Waals surface area contributed by atoms with E-state index in [1.807, 2.05) is 11.5 Å². The van der Waals surface area contributed by atoms with Crippen molar-refractivity contribution in [2.45, 2.75) is 26.8 Å². The molecule has 26 heavy (non-hydrogen) atoms. The summed E-state index contributed by atoms with van der Waals surface area (Å²) in [5, 5.41) is 17.3. The van der Waals surface area contributed by atoms with E-state index >= 15 is 0 Å². The van der Waals surface area contributed by atoms with E-state index in [-0.39, 0.29) is 5.91 Å². The summed E-state index contributed by atoms with van der Waals surface area (Å²) >= 11 is 0. The highest BCUT2D eigenvalue weighted by Gasteiger charge is 2.04. The molecule has 0 radical (unpaired) electrons. The SMILES string of the molecule is CCNC(=NCCNC(=O)c1cccnc1)NCCn1cnnc1CC. The van der Waals surface area contributed by atoms with E-state index in [1.165, 1.54) is 0 Å². The number of carbonyl (C=O) groups excluding carboxylic acids is 1. The highest BCUT2D eigenvalue weighted by Crippen LogP contribution is 1.95. The van der Waals surface area contributed by atoms with E-state index in [0.717, 1.165) is 25.3 Å². The molecular weight excluding hydrogens is 332 g/mol. The molecule has 0 aliphatic rings. The lowest BCUT2D eigenvalue weighted by Gasteiger charge is -2.12. The number of hydrogen-bond donors (Lipinski definition) is 3. The zero-order valence-electron chi connectivity index (χ0n) is 15.3. The van der Waals surface area contributed by atoms with Crippen molar-refractivity contribution >= 4 is 11.9 Å². The normalized spacial score (nSPS) is 11.2. The van der Waals surface area contributed by atoms with Gasteiger partial charge in [0, 0.05) is 45.0 Å². The Balaban J connectivity index is 1.74. The summed E-state index contributed by atoms with van der Waals surface area (Å²) in [6.45, 7) is 7.23. The number of nitrogens with one attached hydrogen (secondary N) is 3. The van der Waals surface area contributed by atoms with Gasteiger partial charge in [-0.25, -0.2) is 0 Å². The number of rotatable bonds is 9. The summed E-state index contributed by atoms with van der Waals surface area (Å²) in [4.78, 5) is 20.3. The van der Waals surface area contributed by atoms with Gasteiger partial charge < -0.3 is 20.5 Å². The highest BCUT2D eigenvalue weighted by molar-refractivity contribution is 5.93. The molecule has 140 valence electrons. The van der Waals surface area contributed by atoms with Gasteiger partial charge in [-0.3, -0.25) is 14.8 Å². The van der Waals surface area contributed by atoms with Crippen molar-refractivity contribution in [2.24, 2.45) is 4.99 Å². The molecule has 0 saturated heterocycles. The number of aromatic nitrogens is 4. The molecule has 2 aromatic rings. The average Bonchev–Trinajstić information content (AvgIpc) is 3.13. The molecule has 3 N–H and O–H groups in total. The Hall–Kier alpha value is -2.97. The van der Waals surface area contributed by atoms with Crippen LogP contribution < -0.4 is 16.0 Å². The van der Waals surface area contributed by atoms with Crippen molar-refractivity contribution in [1.82, 2.24) is 35.7 Å². The summed E-state index contributed by atoms with van der Waals surface area (Å²) in [6.07, 6.45) is 5.77. The molecular formula is C17H26N8O. The first-order valence-corrected chi connectivity index (χ1v) is 8.81. The number of pyridine rings is 1. The Morgan fingerprint density at radius 3 is 2.85 bits per heavy atom. The molecule has 2 heterocycles. The first-order chi connectivity index (χ1) is 12.7. The molecule has 0 bridgehead atoms. The molecule has 0 aliphatic carbocycles. The van der Waals surface area contributed by atoms with Crippen LogP contribution in [-0.2, 0) is 13.0 Å². The number of amides is 1. The van der Waals surface area contributed by atoms with Gasteiger partial charge >= 0.3 is 0 Å². The zero-order valence-corrected chi connectivity index (χ0v) is 15.3. The maximum Gasteiger partial charge on any atom is 0.252 e. The minimum atomic E-state index is -0.147. The third-order valence-corrected chi connectivity index (χ3v) is 3.59. The second-order valence-corrected chi connectivity index (χ2v) is 5.48. The molecule has 0 atom stereocenters. The highest BCUT2D eigenvalue weighted by atomic mass is 16.1. The molecule has 0 unspecified atom stereocenters. The third kappa shape index (κ3) is 6.15. The Morgan fingerprint density at radius 1 is 1.23 bits per heavy atom. The minimum Gasteiger partial charge on any atom is -0.357 e. The second-order valence-electron chi connectivity index (χ2n) is 5.48. The molecule has 9 heteroatoms. The number of hydrogen-bond acceptors (Lipinski definition) is 5. The molecule has 1 amide bonds. The van der Waals surface area contributed by atoms with Gasteiger partial charge in [-0.2, -0.15) is 0 Å². The van der Waals surface area contributed by atoms with E-state index < -0.39 is 0 Å². The van der Waals surface area contributed by atoms with Crippen LogP contribution in [0.5, 0.6) is 0 Å². The van der Waals surface area contributed by atoms with Crippen molar-refractivity contribution < 1.29 is 4.79 Å². The number of nitrogens with zero attached hydrogens (tertiary/aromatic N) is 5. The Bertz CT molecular complexity index is 698. The van der Waals surface area contributed by atoms with E-state index in [2.05, 4.69) is 43.0 Å². The molecule has 0 aromatic carbocycles. The van der Waals surface area contributed by atoms with Crippen molar-refractivity contribution in [1.29, 1.82) is 0 Å². The fraction of sp³-hybridized carbons (Fsp3) is 0.471. The van der Waals surface area contributed by atoms with Gasteiger partial charge in [-0.05, 0) is 19.1 Å². The lowest BCUT2D eigenvalue weighted by atomic mass is 10.3. The molecule has 9 nitrogen and oxygen atoms in total. The van der Waals surface area contributed by atoms with Gasteiger partial charge in [0.15, 0.2) is 5.96 Å². The summed E-state index contributed by atoms with van der Waals surface area (Å²) in [5.74, 6) is 1.53. The Morgan fingerprint density at radius 2 is 2.12 bits per heavy atom. The molecule has 2 aromatic heterocycles. The van der Waals surface area contributed by atoms with Gasteiger partial charge in [0.2, 0.25) is 0 Å². The van der Waals surface area contributed by atoms with E-state index in [9.17, 15) is 4.79 Å². The Labute approximate surface area is 153 Å². The molecule has 0 aliphatic heterocycles. The summed E-state index contributed by atoms with van der Waals surface area (Å²) in [5.41, 5.74) is 0.544. The second kappa shape index (κ2) is 10.8. The topological polar surface area (TPSA) is 109 Å². The van der Waals surface area contributed by atoms with Crippen LogP contribution >= 0.6 is 0 Å².